The predicted molar refractivity (Wildman–Crippen MR) is 98.1 cm³/mol. The number of anilines is 1. The zero-order valence-corrected chi connectivity index (χ0v) is 15.4. The molecule has 0 unspecified atom stereocenters. The molecule has 0 aliphatic heterocycles. The molecule has 0 aliphatic carbocycles. The van der Waals surface area contributed by atoms with Gasteiger partial charge in [0.1, 0.15) is 0 Å². The fraction of sp³-hybridized carbons (Fsp3) is 0.188. The van der Waals surface area contributed by atoms with Crippen LogP contribution < -0.4 is 4.72 Å². The Morgan fingerprint density at radius 2 is 1.87 bits per heavy atom. The number of benzene rings is 2. The molecule has 0 aliphatic rings. The van der Waals surface area contributed by atoms with Crippen molar-refractivity contribution in [2.45, 2.75) is 23.1 Å². The van der Waals surface area contributed by atoms with Crippen LogP contribution in [0.5, 0.6) is 0 Å². The van der Waals surface area contributed by atoms with E-state index in [0.717, 1.165) is 25.7 Å². The highest BCUT2D eigenvalue weighted by molar-refractivity contribution is 8.00. The summed E-state index contributed by atoms with van der Waals surface area (Å²) in [6.45, 7) is 3.86. The lowest BCUT2D eigenvalue weighted by atomic mass is 10.1. The number of thiazole rings is 1. The number of aromatic nitrogens is 1. The fourth-order valence-electron chi connectivity index (χ4n) is 2.15. The topological polar surface area (TPSA) is 59.1 Å². The third-order valence-corrected chi connectivity index (χ3v) is 6.97. The Morgan fingerprint density at radius 3 is 2.57 bits per heavy atom. The van der Waals surface area contributed by atoms with E-state index in [0.29, 0.717) is 5.69 Å². The molecule has 2 aromatic carbocycles. The van der Waals surface area contributed by atoms with E-state index in [1.807, 2.05) is 38.3 Å². The van der Waals surface area contributed by atoms with Gasteiger partial charge in [0.05, 0.1) is 20.8 Å². The van der Waals surface area contributed by atoms with Gasteiger partial charge in [-0.3, -0.25) is 4.72 Å². The number of rotatable bonds is 4. The first-order valence-electron chi connectivity index (χ1n) is 6.94. The smallest absolute Gasteiger partial charge is 0.261 e. The largest absolute Gasteiger partial charge is 0.280 e. The molecule has 0 bridgehead atoms. The van der Waals surface area contributed by atoms with Gasteiger partial charge in [0.25, 0.3) is 10.0 Å². The number of fused-ring (bicyclic) bond motifs is 1. The molecule has 0 atom stereocenters. The number of hydrogen-bond acceptors (Lipinski definition) is 5. The van der Waals surface area contributed by atoms with Crippen LogP contribution in [0, 0.1) is 13.8 Å². The molecular weight excluding hydrogens is 348 g/mol. The van der Waals surface area contributed by atoms with Gasteiger partial charge in [-0.25, -0.2) is 13.4 Å². The molecule has 0 spiro atoms. The summed E-state index contributed by atoms with van der Waals surface area (Å²) in [5.41, 5.74) is 3.45. The van der Waals surface area contributed by atoms with E-state index < -0.39 is 10.0 Å². The average molecular weight is 365 g/mol. The molecule has 3 rings (SSSR count). The normalized spacial score (nSPS) is 11.8. The Morgan fingerprint density at radius 1 is 1.09 bits per heavy atom. The first kappa shape index (κ1) is 16.3. The standard InChI is InChI=1S/C16H16N2O2S3/c1-10-4-6-13(8-11(10)2)23(19,20)18-12-5-7-14-15(9-12)22-16(17-14)21-3/h4-9,18H,1-3H3. The van der Waals surface area contributed by atoms with Gasteiger partial charge in [-0.15, -0.1) is 11.3 Å². The number of nitrogens with one attached hydrogen (secondary N) is 1. The molecule has 7 heteroatoms. The lowest BCUT2D eigenvalue weighted by Gasteiger charge is -2.09. The van der Waals surface area contributed by atoms with E-state index in [9.17, 15) is 8.42 Å². The van der Waals surface area contributed by atoms with Crippen molar-refractivity contribution in [3.63, 3.8) is 0 Å². The fourth-order valence-corrected chi connectivity index (χ4v) is 4.81. The van der Waals surface area contributed by atoms with Crippen molar-refractivity contribution < 1.29 is 8.42 Å². The molecule has 3 aromatic rings. The Kier molecular flexibility index (Phi) is 4.35. The number of sulfonamides is 1. The SMILES string of the molecule is CSc1nc2ccc(NS(=O)(=O)c3ccc(C)c(C)c3)cc2s1. The Bertz CT molecular complexity index is 978. The highest BCUT2D eigenvalue weighted by Gasteiger charge is 2.15. The van der Waals surface area contributed by atoms with Crippen LogP contribution in [0.3, 0.4) is 0 Å². The highest BCUT2D eigenvalue weighted by atomic mass is 32.2. The van der Waals surface area contributed by atoms with Crippen LogP contribution >= 0.6 is 23.1 Å². The Hall–Kier alpha value is -1.57. The van der Waals surface area contributed by atoms with E-state index in [-0.39, 0.29) is 4.90 Å². The summed E-state index contributed by atoms with van der Waals surface area (Å²) in [5.74, 6) is 0. The summed E-state index contributed by atoms with van der Waals surface area (Å²) >= 11 is 3.14. The molecule has 1 aromatic heterocycles. The van der Waals surface area contributed by atoms with Gasteiger partial charge in [-0.2, -0.15) is 0 Å². The van der Waals surface area contributed by atoms with Gasteiger partial charge in [0, 0.05) is 0 Å². The zero-order valence-electron chi connectivity index (χ0n) is 13.0. The van der Waals surface area contributed by atoms with Gasteiger partial charge < -0.3 is 0 Å². The molecule has 0 amide bonds. The van der Waals surface area contributed by atoms with Crippen LogP contribution in [0.1, 0.15) is 11.1 Å². The second-order valence-corrected chi connectivity index (χ2v) is 8.98. The van der Waals surface area contributed by atoms with Crippen LogP contribution in [-0.4, -0.2) is 19.7 Å². The van der Waals surface area contributed by atoms with Crippen LogP contribution in [0.2, 0.25) is 0 Å². The van der Waals surface area contributed by atoms with Gasteiger partial charge in [-0.1, -0.05) is 17.8 Å². The van der Waals surface area contributed by atoms with Crippen molar-refractivity contribution in [2.24, 2.45) is 0 Å². The lowest BCUT2D eigenvalue weighted by Crippen LogP contribution is -2.13. The summed E-state index contributed by atoms with van der Waals surface area (Å²) < 4.78 is 29.6. The van der Waals surface area contributed by atoms with Crippen molar-refractivity contribution in [2.75, 3.05) is 11.0 Å². The van der Waals surface area contributed by atoms with Crippen LogP contribution in [0.15, 0.2) is 45.6 Å². The van der Waals surface area contributed by atoms with Crippen LogP contribution in [0.25, 0.3) is 10.2 Å². The van der Waals surface area contributed by atoms with Crippen LogP contribution in [-0.2, 0) is 10.0 Å². The summed E-state index contributed by atoms with van der Waals surface area (Å²) in [6, 6.07) is 10.5. The van der Waals surface area contributed by atoms with Crippen LogP contribution in [0.4, 0.5) is 5.69 Å². The second-order valence-electron chi connectivity index (χ2n) is 5.22. The summed E-state index contributed by atoms with van der Waals surface area (Å²) in [6.07, 6.45) is 1.97. The Labute approximate surface area is 144 Å². The first-order valence-corrected chi connectivity index (χ1v) is 10.5. The number of hydrogen-bond donors (Lipinski definition) is 1. The third kappa shape index (κ3) is 3.36. The monoisotopic (exact) mass is 364 g/mol. The minimum Gasteiger partial charge on any atom is -0.280 e. The van der Waals surface area contributed by atoms with Crippen molar-refractivity contribution >= 4 is 49.0 Å². The number of nitrogens with zero attached hydrogens (tertiary/aromatic N) is 1. The predicted octanol–water partition coefficient (Wildman–Crippen LogP) is 4.44. The van der Waals surface area contributed by atoms with Gasteiger partial charge in [0.15, 0.2) is 4.34 Å². The average Bonchev–Trinajstić information content (AvgIpc) is 2.91. The van der Waals surface area contributed by atoms with E-state index >= 15 is 0 Å². The summed E-state index contributed by atoms with van der Waals surface area (Å²) in [5, 5.41) is 0. The van der Waals surface area contributed by atoms with E-state index in [4.69, 9.17) is 0 Å². The summed E-state index contributed by atoms with van der Waals surface area (Å²) in [4.78, 5) is 4.73. The number of thioether (sulfide) groups is 1. The van der Waals surface area contributed by atoms with E-state index in [1.54, 1.807) is 41.3 Å². The molecule has 0 radical (unpaired) electrons. The minimum absolute atomic E-state index is 0.273. The molecular formula is C16H16N2O2S3. The number of aryl methyl sites for hydroxylation is 2. The van der Waals surface area contributed by atoms with Gasteiger partial charge in [-0.05, 0) is 61.6 Å². The minimum atomic E-state index is -3.59. The van der Waals surface area contributed by atoms with E-state index in [2.05, 4.69) is 9.71 Å². The van der Waals surface area contributed by atoms with Crippen molar-refractivity contribution in [3.8, 4) is 0 Å². The second kappa shape index (κ2) is 6.14. The molecule has 0 fully saturated rings. The molecule has 120 valence electrons. The van der Waals surface area contributed by atoms with Crippen molar-refractivity contribution in [1.29, 1.82) is 0 Å². The third-order valence-electron chi connectivity index (χ3n) is 3.58. The maximum absolute atomic E-state index is 12.5. The zero-order chi connectivity index (χ0) is 16.6. The van der Waals surface area contributed by atoms with Crippen molar-refractivity contribution in [3.05, 3.63) is 47.5 Å². The van der Waals surface area contributed by atoms with E-state index in [1.165, 1.54) is 0 Å². The van der Waals surface area contributed by atoms with Crippen molar-refractivity contribution in [1.82, 2.24) is 4.98 Å². The quantitative estimate of drug-likeness (QED) is 0.696. The molecule has 23 heavy (non-hydrogen) atoms. The van der Waals surface area contributed by atoms with Gasteiger partial charge in [0.2, 0.25) is 0 Å². The molecule has 0 saturated heterocycles. The summed E-state index contributed by atoms with van der Waals surface area (Å²) in [7, 11) is -3.59. The molecule has 1 N–H and O–H groups in total. The first-order chi connectivity index (χ1) is 10.9. The Balaban J connectivity index is 1.94. The van der Waals surface area contributed by atoms with Gasteiger partial charge >= 0.3 is 0 Å². The lowest BCUT2D eigenvalue weighted by molar-refractivity contribution is 0.601. The molecule has 0 saturated carbocycles. The maximum Gasteiger partial charge on any atom is 0.261 e. The highest BCUT2D eigenvalue weighted by Crippen LogP contribution is 2.30. The maximum atomic E-state index is 12.5. The molecule has 4 nitrogen and oxygen atoms in total. The molecule has 1 heterocycles.